The Kier molecular flexibility index (Phi) is 5.61. The molecule has 1 amide bonds. The number of amidine groups is 1. The average Bonchev–Trinajstić information content (AvgIpc) is 2.86. The zero-order chi connectivity index (χ0) is 23.7. The molecule has 0 atom stereocenters. The Hall–Kier alpha value is -4.01. The summed E-state index contributed by atoms with van der Waals surface area (Å²) in [6.07, 6.45) is 6.13. The maximum atomic E-state index is 14.2. The first-order valence-electron chi connectivity index (χ1n) is 11.2. The number of pyridine rings is 2. The predicted octanol–water partition coefficient (Wildman–Crippen LogP) is 2.82. The summed E-state index contributed by atoms with van der Waals surface area (Å²) in [6.45, 7) is 1.48. The third-order valence-electron chi connectivity index (χ3n) is 6.51. The molecule has 9 heteroatoms. The van der Waals surface area contributed by atoms with Crippen molar-refractivity contribution in [2.45, 2.75) is 31.3 Å². The number of rotatable bonds is 3. The van der Waals surface area contributed by atoms with E-state index in [0.717, 1.165) is 50.2 Å². The van der Waals surface area contributed by atoms with E-state index in [4.69, 9.17) is 10.5 Å². The first-order valence-corrected chi connectivity index (χ1v) is 11.2. The van der Waals surface area contributed by atoms with Gasteiger partial charge >= 0.3 is 0 Å². The number of ether oxygens (including phenoxy) is 1. The molecule has 34 heavy (non-hydrogen) atoms. The van der Waals surface area contributed by atoms with E-state index in [0.29, 0.717) is 11.3 Å². The van der Waals surface area contributed by atoms with Gasteiger partial charge in [-0.3, -0.25) is 9.59 Å². The normalized spacial score (nSPS) is 17.2. The minimum Gasteiger partial charge on any atom is -0.484 e. The van der Waals surface area contributed by atoms with Crippen LogP contribution in [-0.4, -0.2) is 40.4 Å². The number of nitrogens with two attached hydrogens (primary N) is 1. The third-order valence-corrected chi connectivity index (χ3v) is 6.51. The number of para-hydroxylation sites is 1. The molecule has 2 aliphatic rings. The van der Waals surface area contributed by atoms with Gasteiger partial charge in [0.05, 0.1) is 5.56 Å². The molecule has 1 fully saturated rings. The molecule has 0 saturated carbocycles. The van der Waals surface area contributed by atoms with Gasteiger partial charge in [-0.2, -0.15) is 4.99 Å². The number of hydrogen-bond donors (Lipinski definition) is 2. The summed E-state index contributed by atoms with van der Waals surface area (Å²) in [5.41, 5.74) is 7.05. The Bertz CT molecular complexity index is 1290. The maximum Gasteiger partial charge on any atom is 0.280 e. The van der Waals surface area contributed by atoms with Crippen molar-refractivity contribution in [2.75, 3.05) is 18.0 Å². The number of H-pyrrole nitrogens is 1. The Balaban J connectivity index is 1.23. The standard InChI is InChI=1S/C25H24FN5O3/c26-19-3-1-2-16-8-9-25(34-22(16)19)10-12-31(13-11-25)20-6-4-17(14-28-20)23(27)30-24(33)18-5-7-21(32)29-15-18/h1-7,14-15H,8-13H2,(H,29,32)(H2,27,30,33). The van der Waals surface area contributed by atoms with Crippen LogP contribution < -0.4 is 20.9 Å². The van der Waals surface area contributed by atoms with E-state index in [1.807, 2.05) is 12.1 Å². The van der Waals surface area contributed by atoms with Crippen LogP contribution in [0.25, 0.3) is 0 Å². The van der Waals surface area contributed by atoms with Crippen molar-refractivity contribution in [3.63, 3.8) is 0 Å². The fourth-order valence-corrected chi connectivity index (χ4v) is 4.50. The van der Waals surface area contributed by atoms with Crippen LogP contribution in [-0.2, 0) is 6.42 Å². The average molecular weight is 461 g/mol. The number of aliphatic imine (C=N–C) groups is 1. The summed E-state index contributed by atoms with van der Waals surface area (Å²) in [4.78, 5) is 36.4. The summed E-state index contributed by atoms with van der Waals surface area (Å²) >= 11 is 0. The van der Waals surface area contributed by atoms with E-state index in [9.17, 15) is 14.0 Å². The Morgan fingerprint density at radius 2 is 1.91 bits per heavy atom. The second-order valence-electron chi connectivity index (χ2n) is 8.65. The molecule has 8 nitrogen and oxygen atoms in total. The van der Waals surface area contributed by atoms with Gasteiger partial charge in [0.2, 0.25) is 5.56 Å². The van der Waals surface area contributed by atoms with Crippen LogP contribution in [0.15, 0.2) is 64.6 Å². The zero-order valence-electron chi connectivity index (χ0n) is 18.5. The van der Waals surface area contributed by atoms with Crippen molar-refractivity contribution in [3.8, 4) is 5.75 Å². The molecule has 5 rings (SSSR count). The molecule has 3 aromatic rings. The smallest absolute Gasteiger partial charge is 0.280 e. The van der Waals surface area contributed by atoms with E-state index >= 15 is 0 Å². The van der Waals surface area contributed by atoms with Crippen LogP contribution in [0.1, 0.15) is 40.7 Å². The number of aryl methyl sites for hydroxylation is 1. The SMILES string of the molecule is NC(=NC(=O)c1ccc(=O)[nH]c1)c1ccc(N2CCC3(CCc4cccc(F)c4O3)CC2)nc1. The van der Waals surface area contributed by atoms with Crippen molar-refractivity contribution >= 4 is 17.6 Å². The number of halogens is 1. The topological polar surface area (TPSA) is 114 Å². The van der Waals surface area contributed by atoms with Crippen molar-refractivity contribution < 1.29 is 13.9 Å². The summed E-state index contributed by atoms with van der Waals surface area (Å²) in [5.74, 6) is 0.389. The molecule has 2 aromatic heterocycles. The number of nitrogens with zero attached hydrogens (tertiary/aromatic N) is 3. The predicted molar refractivity (Wildman–Crippen MR) is 126 cm³/mol. The van der Waals surface area contributed by atoms with Gasteiger partial charge in [0.15, 0.2) is 11.6 Å². The number of anilines is 1. The number of carbonyl (C=O) groups is 1. The lowest BCUT2D eigenvalue weighted by Gasteiger charge is -2.45. The highest BCUT2D eigenvalue weighted by molar-refractivity contribution is 6.08. The molecule has 0 unspecified atom stereocenters. The second kappa shape index (κ2) is 8.74. The Labute approximate surface area is 195 Å². The van der Waals surface area contributed by atoms with Crippen LogP contribution >= 0.6 is 0 Å². The number of piperidine rings is 1. The van der Waals surface area contributed by atoms with Crippen molar-refractivity contribution in [3.05, 3.63) is 87.7 Å². The minimum atomic E-state index is -0.551. The monoisotopic (exact) mass is 461 g/mol. The van der Waals surface area contributed by atoms with Gasteiger partial charge in [-0.05, 0) is 42.7 Å². The lowest BCUT2D eigenvalue weighted by atomic mass is 9.83. The fourth-order valence-electron chi connectivity index (χ4n) is 4.50. The van der Waals surface area contributed by atoms with E-state index in [-0.39, 0.29) is 28.4 Å². The van der Waals surface area contributed by atoms with E-state index in [1.54, 1.807) is 18.3 Å². The molecule has 174 valence electrons. The summed E-state index contributed by atoms with van der Waals surface area (Å²) in [7, 11) is 0. The summed E-state index contributed by atoms with van der Waals surface area (Å²) < 4.78 is 20.4. The zero-order valence-corrected chi connectivity index (χ0v) is 18.5. The van der Waals surface area contributed by atoms with Gasteiger partial charge in [0.25, 0.3) is 5.91 Å². The van der Waals surface area contributed by atoms with Crippen LogP contribution in [0.5, 0.6) is 5.75 Å². The van der Waals surface area contributed by atoms with Gasteiger partial charge in [-0.1, -0.05) is 12.1 Å². The van der Waals surface area contributed by atoms with E-state index in [2.05, 4.69) is 19.9 Å². The molecule has 2 aliphatic heterocycles. The number of fused-ring (bicyclic) bond motifs is 1. The highest BCUT2D eigenvalue weighted by atomic mass is 19.1. The third kappa shape index (κ3) is 4.28. The molecule has 4 heterocycles. The molecule has 1 saturated heterocycles. The lowest BCUT2D eigenvalue weighted by molar-refractivity contribution is 0.0184. The highest BCUT2D eigenvalue weighted by Crippen LogP contribution is 2.41. The first-order chi connectivity index (χ1) is 16.4. The molecular formula is C25H24FN5O3. The van der Waals surface area contributed by atoms with E-state index < -0.39 is 5.91 Å². The van der Waals surface area contributed by atoms with Crippen LogP contribution in [0.3, 0.4) is 0 Å². The summed E-state index contributed by atoms with van der Waals surface area (Å²) in [5, 5.41) is 0. The fraction of sp³-hybridized carbons (Fsp3) is 0.280. The maximum absolute atomic E-state index is 14.2. The number of amides is 1. The molecule has 1 spiro atoms. The van der Waals surface area contributed by atoms with Gasteiger partial charge in [0.1, 0.15) is 17.3 Å². The van der Waals surface area contributed by atoms with Crippen molar-refractivity contribution in [1.29, 1.82) is 0 Å². The van der Waals surface area contributed by atoms with Crippen LogP contribution in [0, 0.1) is 5.82 Å². The molecule has 0 aliphatic carbocycles. The van der Waals surface area contributed by atoms with Crippen molar-refractivity contribution in [2.24, 2.45) is 10.7 Å². The summed E-state index contributed by atoms with van der Waals surface area (Å²) in [6, 6.07) is 11.4. The molecule has 1 aromatic carbocycles. The highest BCUT2D eigenvalue weighted by Gasteiger charge is 2.40. The first kappa shape index (κ1) is 21.8. The Morgan fingerprint density at radius 3 is 2.62 bits per heavy atom. The molecule has 3 N–H and O–H groups in total. The van der Waals surface area contributed by atoms with Gasteiger partial charge in [0, 0.05) is 50.0 Å². The van der Waals surface area contributed by atoms with Crippen LogP contribution in [0.4, 0.5) is 10.2 Å². The largest absolute Gasteiger partial charge is 0.484 e. The number of benzene rings is 1. The number of aromatic nitrogens is 2. The van der Waals surface area contributed by atoms with Gasteiger partial charge < -0.3 is 20.4 Å². The Morgan fingerprint density at radius 1 is 1.12 bits per heavy atom. The molecule has 0 bridgehead atoms. The number of hydrogen-bond acceptors (Lipinski definition) is 5. The van der Waals surface area contributed by atoms with E-state index in [1.165, 1.54) is 24.4 Å². The lowest BCUT2D eigenvalue weighted by Crippen LogP contribution is -2.50. The minimum absolute atomic E-state index is 0.0455. The molecular weight excluding hydrogens is 437 g/mol. The van der Waals surface area contributed by atoms with Crippen LogP contribution in [0.2, 0.25) is 0 Å². The number of nitrogens with one attached hydrogen (secondary N) is 1. The quantitative estimate of drug-likeness (QED) is 0.458. The number of carbonyl (C=O) groups excluding carboxylic acids is 1. The van der Waals surface area contributed by atoms with Gasteiger partial charge in [-0.15, -0.1) is 0 Å². The molecule has 0 radical (unpaired) electrons. The number of aromatic amines is 1. The van der Waals surface area contributed by atoms with Crippen molar-refractivity contribution in [1.82, 2.24) is 9.97 Å². The second-order valence-corrected chi connectivity index (χ2v) is 8.65. The van der Waals surface area contributed by atoms with Gasteiger partial charge in [-0.25, -0.2) is 9.37 Å².